The first kappa shape index (κ1) is 20.0. The summed E-state index contributed by atoms with van der Waals surface area (Å²) in [5, 5.41) is 0.962. The summed E-state index contributed by atoms with van der Waals surface area (Å²) < 4.78 is 7.44. The SMILES string of the molecule is CCC(=O)CCCCCC(N)c1ncc(-c2cc3ccccc3n(C)c2=O)o1. The van der Waals surface area contributed by atoms with Crippen LogP contribution in [0.1, 0.15) is 57.4 Å². The molecule has 1 atom stereocenters. The van der Waals surface area contributed by atoms with Crippen molar-refractivity contribution in [3.05, 3.63) is 52.8 Å². The van der Waals surface area contributed by atoms with Crippen molar-refractivity contribution in [3.8, 4) is 11.3 Å². The van der Waals surface area contributed by atoms with Crippen LogP contribution in [0.4, 0.5) is 0 Å². The fraction of sp³-hybridized carbons (Fsp3) is 0.409. The van der Waals surface area contributed by atoms with E-state index in [4.69, 9.17) is 10.2 Å². The summed E-state index contributed by atoms with van der Waals surface area (Å²) in [6.07, 6.45) is 6.30. The van der Waals surface area contributed by atoms with Crippen LogP contribution in [0.3, 0.4) is 0 Å². The Labute approximate surface area is 164 Å². The van der Waals surface area contributed by atoms with Crippen molar-refractivity contribution in [3.63, 3.8) is 0 Å². The Kier molecular flexibility index (Phi) is 6.41. The van der Waals surface area contributed by atoms with E-state index in [1.807, 2.05) is 37.3 Å². The molecule has 0 aliphatic carbocycles. The van der Waals surface area contributed by atoms with E-state index >= 15 is 0 Å². The first-order valence-electron chi connectivity index (χ1n) is 9.83. The van der Waals surface area contributed by atoms with Crippen LogP contribution < -0.4 is 11.3 Å². The number of benzene rings is 1. The van der Waals surface area contributed by atoms with Crippen LogP contribution in [-0.4, -0.2) is 15.3 Å². The maximum absolute atomic E-state index is 12.7. The van der Waals surface area contributed by atoms with E-state index in [9.17, 15) is 9.59 Å². The molecule has 28 heavy (non-hydrogen) atoms. The van der Waals surface area contributed by atoms with Gasteiger partial charge in [0.2, 0.25) is 5.89 Å². The molecule has 6 nitrogen and oxygen atoms in total. The molecule has 2 N–H and O–H groups in total. The van der Waals surface area contributed by atoms with Crippen LogP contribution in [0.2, 0.25) is 0 Å². The van der Waals surface area contributed by atoms with E-state index in [0.717, 1.165) is 36.6 Å². The summed E-state index contributed by atoms with van der Waals surface area (Å²) in [6.45, 7) is 1.89. The normalized spacial score (nSPS) is 12.4. The van der Waals surface area contributed by atoms with Crippen molar-refractivity contribution in [2.75, 3.05) is 0 Å². The number of hydrogen-bond donors (Lipinski definition) is 1. The lowest BCUT2D eigenvalue weighted by Gasteiger charge is -2.08. The highest BCUT2D eigenvalue weighted by atomic mass is 16.4. The van der Waals surface area contributed by atoms with Crippen molar-refractivity contribution in [2.24, 2.45) is 12.8 Å². The second-order valence-corrected chi connectivity index (χ2v) is 7.14. The molecule has 0 radical (unpaired) electrons. The molecule has 0 saturated heterocycles. The van der Waals surface area contributed by atoms with Gasteiger partial charge in [-0.3, -0.25) is 9.59 Å². The van der Waals surface area contributed by atoms with Gasteiger partial charge in [-0.15, -0.1) is 0 Å². The predicted molar refractivity (Wildman–Crippen MR) is 110 cm³/mol. The summed E-state index contributed by atoms with van der Waals surface area (Å²) in [6, 6.07) is 9.23. The number of Topliss-reactive ketones (excluding diaryl/α,β-unsaturated/α-hetero) is 1. The van der Waals surface area contributed by atoms with Gasteiger partial charge in [0.1, 0.15) is 5.78 Å². The van der Waals surface area contributed by atoms with Crippen molar-refractivity contribution >= 4 is 16.7 Å². The monoisotopic (exact) mass is 381 g/mol. The number of hydrogen-bond acceptors (Lipinski definition) is 5. The topological polar surface area (TPSA) is 91.1 Å². The lowest BCUT2D eigenvalue weighted by atomic mass is 10.1. The fourth-order valence-corrected chi connectivity index (χ4v) is 3.35. The number of rotatable bonds is 9. The van der Waals surface area contributed by atoms with Crippen LogP contribution in [0.25, 0.3) is 22.2 Å². The summed E-state index contributed by atoms with van der Waals surface area (Å²) in [5.74, 6) is 1.18. The van der Waals surface area contributed by atoms with Crippen LogP contribution in [-0.2, 0) is 11.8 Å². The second kappa shape index (κ2) is 8.97. The average Bonchev–Trinajstić information content (AvgIpc) is 3.20. The Morgan fingerprint density at radius 1 is 1.25 bits per heavy atom. The largest absolute Gasteiger partial charge is 0.439 e. The molecule has 0 spiro atoms. The van der Waals surface area contributed by atoms with Crippen LogP contribution >= 0.6 is 0 Å². The highest BCUT2D eigenvalue weighted by molar-refractivity contribution is 5.83. The Morgan fingerprint density at radius 3 is 2.82 bits per heavy atom. The number of unbranched alkanes of at least 4 members (excludes halogenated alkanes) is 2. The van der Waals surface area contributed by atoms with Gasteiger partial charge in [0, 0.05) is 19.9 Å². The van der Waals surface area contributed by atoms with E-state index in [1.165, 1.54) is 0 Å². The number of carbonyl (C=O) groups excluding carboxylic acids is 1. The Bertz CT molecular complexity index is 1020. The van der Waals surface area contributed by atoms with E-state index < -0.39 is 0 Å². The van der Waals surface area contributed by atoms with Crippen LogP contribution in [0.5, 0.6) is 0 Å². The zero-order valence-electron chi connectivity index (χ0n) is 16.5. The van der Waals surface area contributed by atoms with Crippen molar-refractivity contribution in [1.82, 2.24) is 9.55 Å². The number of nitrogens with zero attached hydrogens (tertiary/aromatic N) is 2. The third-order valence-electron chi connectivity index (χ3n) is 5.10. The van der Waals surface area contributed by atoms with Gasteiger partial charge < -0.3 is 14.7 Å². The predicted octanol–water partition coefficient (Wildman–Crippen LogP) is 4.12. The number of oxazole rings is 1. The number of fused-ring (bicyclic) bond motifs is 1. The van der Waals surface area contributed by atoms with Crippen molar-refractivity contribution in [1.29, 1.82) is 0 Å². The molecule has 0 aliphatic heterocycles. The van der Waals surface area contributed by atoms with E-state index in [1.54, 1.807) is 17.8 Å². The lowest BCUT2D eigenvalue weighted by Crippen LogP contribution is -2.18. The average molecular weight is 381 g/mol. The molecule has 0 amide bonds. The minimum absolute atomic E-state index is 0.129. The third kappa shape index (κ3) is 4.39. The zero-order chi connectivity index (χ0) is 20.1. The first-order valence-corrected chi connectivity index (χ1v) is 9.83. The van der Waals surface area contributed by atoms with E-state index in [2.05, 4.69) is 4.98 Å². The van der Waals surface area contributed by atoms with Gasteiger partial charge in [0.15, 0.2) is 5.76 Å². The maximum Gasteiger partial charge on any atom is 0.261 e. The van der Waals surface area contributed by atoms with Crippen LogP contribution in [0, 0.1) is 0 Å². The Hall–Kier alpha value is -2.73. The molecular formula is C22H27N3O3. The van der Waals surface area contributed by atoms with Gasteiger partial charge in [0.25, 0.3) is 5.56 Å². The minimum atomic E-state index is -0.320. The fourth-order valence-electron chi connectivity index (χ4n) is 3.35. The van der Waals surface area contributed by atoms with Gasteiger partial charge >= 0.3 is 0 Å². The summed E-state index contributed by atoms with van der Waals surface area (Å²) in [4.78, 5) is 28.3. The minimum Gasteiger partial charge on any atom is -0.439 e. The Morgan fingerprint density at radius 2 is 2.04 bits per heavy atom. The maximum atomic E-state index is 12.7. The zero-order valence-corrected chi connectivity index (χ0v) is 16.5. The molecule has 1 aromatic carbocycles. The summed E-state index contributed by atoms with van der Waals surface area (Å²) in [5.41, 5.74) is 7.42. The van der Waals surface area contributed by atoms with Gasteiger partial charge in [-0.05, 0) is 30.4 Å². The third-order valence-corrected chi connectivity index (χ3v) is 5.10. The molecule has 148 valence electrons. The molecule has 0 fully saturated rings. The van der Waals surface area contributed by atoms with E-state index in [0.29, 0.717) is 35.8 Å². The number of nitrogens with two attached hydrogens (primary N) is 1. The van der Waals surface area contributed by atoms with Crippen LogP contribution in [0.15, 0.2) is 45.7 Å². The van der Waals surface area contributed by atoms with Gasteiger partial charge in [-0.1, -0.05) is 38.0 Å². The summed E-state index contributed by atoms with van der Waals surface area (Å²) >= 11 is 0. The first-order chi connectivity index (χ1) is 13.5. The molecule has 0 saturated carbocycles. The standard InChI is InChI=1S/C22H27N3O3/c1-3-16(26)10-5-4-6-11-18(23)21-24-14-20(28-21)17-13-15-9-7-8-12-19(15)25(2)22(17)27/h7-9,12-14,18H,3-6,10-11,23H2,1-2H3. The lowest BCUT2D eigenvalue weighted by molar-refractivity contribution is -0.118. The molecule has 0 bridgehead atoms. The molecule has 2 aromatic heterocycles. The molecule has 0 aliphatic rings. The quantitative estimate of drug-likeness (QED) is 0.563. The molecular weight excluding hydrogens is 354 g/mol. The van der Waals surface area contributed by atoms with Gasteiger partial charge in [0.05, 0.1) is 23.3 Å². The molecule has 3 rings (SSSR count). The summed E-state index contributed by atoms with van der Waals surface area (Å²) in [7, 11) is 1.75. The number of carbonyl (C=O) groups is 1. The molecule has 3 aromatic rings. The van der Waals surface area contributed by atoms with E-state index in [-0.39, 0.29) is 11.6 Å². The Balaban J connectivity index is 1.69. The second-order valence-electron chi connectivity index (χ2n) is 7.14. The van der Waals surface area contributed by atoms with Gasteiger partial charge in [-0.2, -0.15) is 0 Å². The molecule has 1 unspecified atom stereocenters. The van der Waals surface area contributed by atoms with Gasteiger partial charge in [-0.25, -0.2) is 4.98 Å². The number of aryl methyl sites for hydroxylation is 1. The van der Waals surface area contributed by atoms with Crippen molar-refractivity contribution in [2.45, 2.75) is 51.5 Å². The highest BCUT2D eigenvalue weighted by Gasteiger charge is 2.17. The smallest absolute Gasteiger partial charge is 0.261 e. The highest BCUT2D eigenvalue weighted by Crippen LogP contribution is 2.25. The number of ketones is 1. The number of aromatic nitrogens is 2. The number of para-hydroxylation sites is 1. The molecule has 2 heterocycles. The number of pyridine rings is 1. The molecule has 6 heteroatoms. The van der Waals surface area contributed by atoms with Crippen molar-refractivity contribution < 1.29 is 9.21 Å².